The van der Waals surface area contributed by atoms with Crippen LogP contribution in [0.3, 0.4) is 0 Å². The zero-order valence-electron chi connectivity index (χ0n) is 5.76. The van der Waals surface area contributed by atoms with Crippen LogP contribution in [0, 0.1) is 0 Å². The smallest absolute Gasteiger partial charge is 0.364 e. The summed E-state index contributed by atoms with van der Waals surface area (Å²) in [6, 6.07) is 1.21. The van der Waals surface area contributed by atoms with Crippen molar-refractivity contribution in [2.45, 2.75) is 12.6 Å². The summed E-state index contributed by atoms with van der Waals surface area (Å²) in [5.74, 6) is -1.82. The lowest BCUT2D eigenvalue weighted by Gasteiger charge is -2.01. The maximum Gasteiger partial charge on any atom is 0.450 e. The minimum atomic E-state index is -4.79. The van der Waals surface area contributed by atoms with Gasteiger partial charge in [-0.3, -0.25) is 4.79 Å². The molecular weight excluding hydrogens is 175 g/mol. The van der Waals surface area contributed by atoms with E-state index in [1.807, 2.05) is 0 Å². The number of halogens is 3. The van der Waals surface area contributed by atoms with Crippen molar-refractivity contribution in [3.8, 4) is 0 Å². The summed E-state index contributed by atoms with van der Waals surface area (Å²) in [6.07, 6.45) is -4.45. The molecule has 0 spiro atoms. The molecule has 0 aliphatic rings. The Hall–Kier alpha value is -1.33. The Balaban J connectivity index is 2.60. The van der Waals surface area contributed by atoms with Gasteiger partial charge in [0.25, 0.3) is 0 Å². The fourth-order valence-corrected chi connectivity index (χ4v) is 0.593. The van der Waals surface area contributed by atoms with Gasteiger partial charge in [0, 0.05) is 6.07 Å². The van der Waals surface area contributed by atoms with Crippen LogP contribution in [0.25, 0.3) is 0 Å². The van der Waals surface area contributed by atoms with Crippen LogP contribution in [-0.4, -0.2) is 17.1 Å². The van der Waals surface area contributed by atoms with Gasteiger partial charge >= 0.3 is 6.18 Å². The molecule has 66 valence electrons. The largest absolute Gasteiger partial charge is 0.450 e. The highest BCUT2D eigenvalue weighted by molar-refractivity contribution is 5.85. The van der Waals surface area contributed by atoms with Gasteiger partial charge in [0.05, 0.1) is 12.1 Å². The number of hydrogen-bond acceptors (Lipinski definition) is 3. The summed E-state index contributed by atoms with van der Waals surface area (Å²) in [5, 5.41) is 3.17. The number of carbonyl (C=O) groups excluding carboxylic acids is 1. The summed E-state index contributed by atoms with van der Waals surface area (Å²) in [7, 11) is 0. The van der Waals surface area contributed by atoms with E-state index < -0.39 is 18.4 Å². The molecule has 1 aromatic heterocycles. The lowest BCUT2D eigenvalue weighted by molar-refractivity contribution is -0.170. The monoisotopic (exact) mass is 179 g/mol. The summed E-state index contributed by atoms with van der Waals surface area (Å²) in [6.45, 7) is 0. The second kappa shape index (κ2) is 2.96. The molecule has 0 aliphatic carbocycles. The predicted octanol–water partition coefficient (Wildman–Crippen LogP) is 1.35. The topological polar surface area (TPSA) is 43.1 Å². The molecule has 0 bridgehead atoms. The highest BCUT2D eigenvalue weighted by atomic mass is 19.4. The van der Waals surface area contributed by atoms with Crippen LogP contribution in [0.2, 0.25) is 0 Å². The molecule has 12 heavy (non-hydrogen) atoms. The van der Waals surface area contributed by atoms with Crippen molar-refractivity contribution in [2.24, 2.45) is 0 Å². The molecule has 0 unspecified atom stereocenters. The van der Waals surface area contributed by atoms with E-state index in [1.165, 1.54) is 6.07 Å². The summed E-state index contributed by atoms with van der Waals surface area (Å²) < 4.78 is 39.2. The first kappa shape index (κ1) is 8.76. The second-order valence-corrected chi connectivity index (χ2v) is 2.09. The first-order valence-corrected chi connectivity index (χ1v) is 2.99. The van der Waals surface area contributed by atoms with Crippen molar-refractivity contribution in [1.29, 1.82) is 0 Å². The van der Waals surface area contributed by atoms with Crippen LogP contribution >= 0.6 is 0 Å². The molecule has 0 saturated carbocycles. The number of alkyl halides is 3. The molecule has 0 saturated heterocycles. The van der Waals surface area contributed by atoms with E-state index >= 15 is 0 Å². The van der Waals surface area contributed by atoms with Crippen molar-refractivity contribution in [2.75, 3.05) is 0 Å². The molecule has 0 atom stereocenters. The molecule has 1 rings (SSSR count). The van der Waals surface area contributed by atoms with Gasteiger partial charge in [-0.1, -0.05) is 5.16 Å². The molecule has 1 aromatic rings. The maximum absolute atomic E-state index is 11.6. The van der Waals surface area contributed by atoms with Gasteiger partial charge in [0.1, 0.15) is 6.26 Å². The minimum absolute atomic E-state index is 0.0164. The molecule has 0 N–H and O–H groups in total. The number of nitrogens with zero attached hydrogens (tertiary/aromatic N) is 1. The lowest BCUT2D eigenvalue weighted by Crippen LogP contribution is -2.24. The number of rotatable bonds is 2. The van der Waals surface area contributed by atoms with Gasteiger partial charge in [0.15, 0.2) is 0 Å². The van der Waals surface area contributed by atoms with Crippen molar-refractivity contribution in [3.05, 3.63) is 18.0 Å². The molecule has 1 heterocycles. The lowest BCUT2D eigenvalue weighted by atomic mass is 10.2. The molecule has 0 aromatic carbocycles. The van der Waals surface area contributed by atoms with E-state index in [-0.39, 0.29) is 5.69 Å². The summed E-state index contributed by atoms with van der Waals surface area (Å²) >= 11 is 0. The zero-order valence-corrected chi connectivity index (χ0v) is 5.76. The van der Waals surface area contributed by atoms with Gasteiger partial charge in [-0.25, -0.2) is 0 Å². The van der Waals surface area contributed by atoms with Crippen molar-refractivity contribution in [1.82, 2.24) is 5.16 Å². The third-order valence-corrected chi connectivity index (χ3v) is 1.15. The molecule has 0 amide bonds. The van der Waals surface area contributed by atoms with Crippen LogP contribution < -0.4 is 0 Å². The molecular formula is C6H4F3NO2. The van der Waals surface area contributed by atoms with Crippen molar-refractivity contribution < 1.29 is 22.5 Å². The fourth-order valence-electron chi connectivity index (χ4n) is 0.593. The second-order valence-electron chi connectivity index (χ2n) is 2.09. The number of Topliss-reactive ketones (excluding diaryl/α,β-unsaturated/α-hetero) is 1. The Morgan fingerprint density at radius 3 is 2.67 bits per heavy atom. The van der Waals surface area contributed by atoms with Crippen LogP contribution in [0.15, 0.2) is 16.9 Å². The Morgan fingerprint density at radius 1 is 1.58 bits per heavy atom. The summed E-state index contributed by atoms with van der Waals surface area (Å²) in [5.41, 5.74) is -0.0164. The first-order valence-electron chi connectivity index (χ1n) is 2.99. The van der Waals surface area contributed by atoms with Gasteiger partial charge in [0.2, 0.25) is 5.78 Å². The van der Waals surface area contributed by atoms with E-state index in [0.29, 0.717) is 0 Å². The summed E-state index contributed by atoms with van der Waals surface area (Å²) in [4.78, 5) is 10.3. The molecule has 0 fully saturated rings. The highest BCUT2D eigenvalue weighted by Gasteiger charge is 2.38. The average Bonchev–Trinajstić information content (AvgIpc) is 2.37. The van der Waals surface area contributed by atoms with Crippen molar-refractivity contribution >= 4 is 5.78 Å². The van der Waals surface area contributed by atoms with Crippen LogP contribution in [0.1, 0.15) is 5.69 Å². The highest BCUT2D eigenvalue weighted by Crippen LogP contribution is 2.17. The van der Waals surface area contributed by atoms with Crippen LogP contribution in [-0.2, 0) is 11.2 Å². The van der Waals surface area contributed by atoms with Crippen LogP contribution in [0.5, 0.6) is 0 Å². The first-order chi connectivity index (χ1) is 5.50. The third kappa shape index (κ3) is 2.08. The minimum Gasteiger partial charge on any atom is -0.364 e. The number of aromatic nitrogens is 1. The quantitative estimate of drug-likeness (QED) is 0.688. The zero-order chi connectivity index (χ0) is 9.19. The molecule has 6 heteroatoms. The van der Waals surface area contributed by atoms with E-state index in [0.717, 1.165) is 6.26 Å². The molecule has 3 nitrogen and oxygen atoms in total. The normalized spacial score (nSPS) is 11.6. The number of carbonyl (C=O) groups is 1. The molecule has 0 aliphatic heterocycles. The fraction of sp³-hybridized carbons (Fsp3) is 0.333. The molecule has 0 radical (unpaired) electrons. The number of ketones is 1. The van der Waals surface area contributed by atoms with Gasteiger partial charge in [-0.15, -0.1) is 0 Å². The Bertz CT molecular complexity index is 265. The Morgan fingerprint density at radius 2 is 2.25 bits per heavy atom. The van der Waals surface area contributed by atoms with Crippen molar-refractivity contribution in [3.63, 3.8) is 0 Å². The van der Waals surface area contributed by atoms with E-state index in [4.69, 9.17) is 0 Å². The predicted molar refractivity (Wildman–Crippen MR) is 31.3 cm³/mol. The van der Waals surface area contributed by atoms with Gasteiger partial charge in [-0.2, -0.15) is 13.2 Å². The van der Waals surface area contributed by atoms with E-state index in [1.54, 1.807) is 0 Å². The third-order valence-electron chi connectivity index (χ3n) is 1.15. The van der Waals surface area contributed by atoms with Crippen LogP contribution in [0.4, 0.5) is 13.2 Å². The Kier molecular flexibility index (Phi) is 2.16. The SMILES string of the molecule is O=C(Cc1ccon1)C(F)(F)F. The van der Waals surface area contributed by atoms with E-state index in [9.17, 15) is 18.0 Å². The standard InChI is InChI=1S/C6H4F3NO2/c7-6(8,9)5(11)3-4-1-2-12-10-4/h1-2H,3H2. The maximum atomic E-state index is 11.6. The van der Waals surface area contributed by atoms with Gasteiger partial charge < -0.3 is 4.52 Å². The Labute approximate surface area is 65.1 Å². The van der Waals surface area contributed by atoms with E-state index in [2.05, 4.69) is 9.68 Å². The number of hydrogen-bond donors (Lipinski definition) is 0. The average molecular weight is 179 g/mol. The van der Waals surface area contributed by atoms with Gasteiger partial charge in [-0.05, 0) is 0 Å².